The first-order valence-electron chi connectivity index (χ1n) is 11.9. The molecule has 1 saturated heterocycles. The third-order valence-corrected chi connectivity index (χ3v) is 9.52. The van der Waals surface area contributed by atoms with E-state index in [4.69, 9.17) is 52.2 Å². The van der Waals surface area contributed by atoms with Crippen LogP contribution in [0.1, 0.15) is 17.7 Å². The summed E-state index contributed by atoms with van der Waals surface area (Å²) in [5, 5.41) is 8.22. The van der Waals surface area contributed by atoms with Crippen LogP contribution >= 0.6 is 13.4 Å². The minimum absolute atomic E-state index is 0.0287. The molecule has 6 heterocycles. The van der Waals surface area contributed by atoms with E-state index in [9.17, 15) is 14.6 Å². The van der Waals surface area contributed by atoms with E-state index >= 15 is 4.39 Å². The highest BCUT2D eigenvalue weighted by Gasteiger charge is 2.51. The van der Waals surface area contributed by atoms with Gasteiger partial charge >= 0.3 is 13.4 Å². The van der Waals surface area contributed by atoms with Gasteiger partial charge in [0.05, 0.1) is 25.2 Å². The average molecular weight is 650 g/mol. The number of aromatic amines is 1. The quantitative estimate of drug-likeness (QED) is 0.206. The molecule has 2 unspecified atom stereocenters. The Morgan fingerprint density at radius 3 is 2.80 bits per heavy atom. The van der Waals surface area contributed by atoms with Crippen molar-refractivity contribution >= 4 is 65.1 Å². The van der Waals surface area contributed by atoms with E-state index in [0.29, 0.717) is 16.7 Å². The molecule has 4 aromatic rings. The average Bonchev–Trinajstić information content (AvgIpc) is 3.56. The van der Waals surface area contributed by atoms with Crippen molar-refractivity contribution < 1.29 is 37.0 Å². The van der Waals surface area contributed by atoms with Gasteiger partial charge in [0.15, 0.2) is 23.6 Å². The van der Waals surface area contributed by atoms with Gasteiger partial charge in [0, 0.05) is 12.2 Å². The zero-order valence-corrected chi connectivity index (χ0v) is 24.4. The van der Waals surface area contributed by atoms with Gasteiger partial charge in [0.25, 0.3) is 5.56 Å². The maximum atomic E-state index is 15.8. The maximum absolute atomic E-state index is 15.8. The lowest BCUT2D eigenvalue weighted by atomic mass is 10.1. The second kappa shape index (κ2) is 10.7. The number of rotatable bonds is 1. The van der Waals surface area contributed by atoms with Gasteiger partial charge in [-0.05, 0) is 36.6 Å². The third-order valence-electron chi connectivity index (χ3n) is 6.37. The Hall–Kier alpha value is -2.35. The largest absolute Gasteiger partial charge is 0.383 e. The minimum Gasteiger partial charge on any atom is -0.383 e. The molecule has 0 aliphatic carbocycles. The van der Waals surface area contributed by atoms with Crippen LogP contribution in [0.3, 0.4) is 0 Å². The van der Waals surface area contributed by atoms with E-state index in [2.05, 4.69) is 30.2 Å². The molecular formula is C19H22FN9O8P2S2. The van der Waals surface area contributed by atoms with Gasteiger partial charge < -0.3 is 43.4 Å². The standard InChI is InChI=1S/C19H22FN9O8P2S2/c1-8-24-17-13(18(30)25-8)26-27-29(17)19-14-12(20)11(36-19)6-35-38(31,40)33-3-2-28-9(5-34-39(32,41)37-14)4-10-15(21)22-7-23-16(10)28/h4,7,11-12,14,19H,2-3,5-6H2,1H3,(H,31,40)(H,32,41)(H2,21,22,23)(H,24,25,30)/t11-,12-,14-,19-,38?,39?/m1/s1. The summed E-state index contributed by atoms with van der Waals surface area (Å²) >= 11 is 10.3. The molecule has 5 N–H and O–H groups in total. The van der Waals surface area contributed by atoms with Crippen LogP contribution in [0.4, 0.5) is 10.2 Å². The molecule has 0 radical (unpaired) electrons. The lowest BCUT2D eigenvalue weighted by molar-refractivity contribution is -0.0531. The lowest BCUT2D eigenvalue weighted by Gasteiger charge is -2.24. The van der Waals surface area contributed by atoms with Gasteiger partial charge in [-0.3, -0.25) is 9.32 Å². The summed E-state index contributed by atoms with van der Waals surface area (Å²) in [7, 11) is 0. The summed E-state index contributed by atoms with van der Waals surface area (Å²) in [4.78, 5) is 48.9. The summed E-state index contributed by atoms with van der Waals surface area (Å²) < 4.78 is 46.5. The topological polar surface area (TPSA) is 220 Å². The third kappa shape index (κ3) is 5.57. The van der Waals surface area contributed by atoms with Crippen LogP contribution in [0.25, 0.3) is 22.2 Å². The second-order valence-corrected chi connectivity index (χ2v) is 14.7. The number of nitrogens with one attached hydrogen (secondary N) is 1. The Morgan fingerprint density at radius 1 is 1.20 bits per heavy atom. The maximum Gasteiger partial charge on any atom is 0.325 e. The number of nitrogen functional groups attached to an aromatic ring is 1. The number of nitrogens with zero attached hydrogens (tertiary/aromatic N) is 7. The van der Waals surface area contributed by atoms with Crippen molar-refractivity contribution in [1.29, 1.82) is 0 Å². The fourth-order valence-electron chi connectivity index (χ4n) is 4.55. The summed E-state index contributed by atoms with van der Waals surface area (Å²) in [5.74, 6) is 0.433. The van der Waals surface area contributed by atoms with Crippen molar-refractivity contribution in [3.63, 3.8) is 0 Å². The van der Waals surface area contributed by atoms with Gasteiger partial charge in [-0.2, -0.15) is 4.68 Å². The molecule has 2 bridgehead atoms. The monoisotopic (exact) mass is 649 g/mol. The Morgan fingerprint density at radius 2 is 2.00 bits per heavy atom. The molecule has 0 saturated carbocycles. The Balaban J connectivity index is 1.39. The molecular weight excluding hydrogens is 627 g/mol. The highest BCUT2D eigenvalue weighted by molar-refractivity contribution is 8.07. The summed E-state index contributed by atoms with van der Waals surface area (Å²) in [6.45, 7) is -7.35. The minimum atomic E-state index is -4.16. The van der Waals surface area contributed by atoms with Crippen molar-refractivity contribution in [2.45, 2.75) is 44.7 Å². The van der Waals surface area contributed by atoms with Gasteiger partial charge in [-0.15, -0.1) is 5.10 Å². The number of H-pyrrole nitrogens is 1. The number of anilines is 1. The molecule has 0 amide bonds. The van der Waals surface area contributed by atoms with Crippen LogP contribution < -0.4 is 11.3 Å². The van der Waals surface area contributed by atoms with Crippen LogP contribution in [0.15, 0.2) is 17.2 Å². The van der Waals surface area contributed by atoms with E-state index in [1.54, 1.807) is 10.6 Å². The van der Waals surface area contributed by atoms with Crippen molar-refractivity contribution in [1.82, 2.24) is 39.5 Å². The van der Waals surface area contributed by atoms with Crippen LogP contribution in [0.2, 0.25) is 0 Å². The molecule has 22 heteroatoms. The van der Waals surface area contributed by atoms with Crippen molar-refractivity contribution in [3.8, 4) is 0 Å². The Kier molecular flexibility index (Phi) is 7.53. The summed E-state index contributed by atoms with van der Waals surface area (Å²) in [6.07, 6.45) is -5.16. The first kappa shape index (κ1) is 28.8. The molecule has 2 aliphatic heterocycles. The molecule has 6 atom stereocenters. The fraction of sp³-hybridized carbons (Fsp3) is 0.474. The summed E-state index contributed by atoms with van der Waals surface area (Å²) in [6, 6.07) is 1.63. The predicted molar refractivity (Wildman–Crippen MR) is 146 cm³/mol. The number of fused-ring (bicyclic) bond motifs is 6. The number of ether oxygens (including phenoxy) is 1. The molecule has 17 nitrogen and oxygen atoms in total. The van der Waals surface area contributed by atoms with E-state index in [1.807, 2.05) is 0 Å². The second-order valence-electron chi connectivity index (χ2n) is 9.06. The van der Waals surface area contributed by atoms with Crippen molar-refractivity contribution in [2.75, 3.05) is 18.9 Å². The zero-order valence-electron chi connectivity index (χ0n) is 20.9. The molecule has 2 aliphatic rings. The zero-order chi connectivity index (χ0) is 29.1. The van der Waals surface area contributed by atoms with Crippen molar-refractivity contribution in [2.24, 2.45) is 0 Å². The van der Waals surface area contributed by atoms with Gasteiger partial charge in [-0.25, -0.2) is 19.3 Å². The molecule has 0 aromatic carbocycles. The Labute approximate surface area is 239 Å². The molecule has 41 heavy (non-hydrogen) atoms. The summed E-state index contributed by atoms with van der Waals surface area (Å²) in [5.41, 5.74) is 6.13. The molecule has 6 rings (SSSR count). The number of alkyl halides is 1. The molecule has 4 aromatic heterocycles. The number of halogens is 1. The number of aryl methyl sites for hydroxylation is 1. The predicted octanol–water partition coefficient (Wildman–Crippen LogP) is 0.468. The van der Waals surface area contributed by atoms with Crippen LogP contribution in [-0.4, -0.2) is 80.9 Å². The smallest absolute Gasteiger partial charge is 0.325 e. The first-order chi connectivity index (χ1) is 19.4. The van der Waals surface area contributed by atoms with E-state index in [1.165, 1.54) is 13.3 Å². The number of aromatic nitrogens is 8. The molecule has 1 fully saturated rings. The van der Waals surface area contributed by atoms with Crippen LogP contribution in [0.5, 0.6) is 0 Å². The SMILES string of the molecule is Cc1nc2c(nnn2[C@@H]2O[C@@H]3COP(O)(=S)OCCn4c(cc5c(N)ncnc54)COP(O)(=S)O[C@@H]2[C@@H]3F)c(=O)[nH]1. The van der Waals surface area contributed by atoms with Crippen LogP contribution in [-0.2, 0) is 59.6 Å². The van der Waals surface area contributed by atoms with Gasteiger partial charge in [-0.1, -0.05) is 5.21 Å². The van der Waals surface area contributed by atoms with Gasteiger partial charge in [0.2, 0.25) is 0 Å². The van der Waals surface area contributed by atoms with E-state index < -0.39 is 50.2 Å². The number of nitrogens with two attached hydrogens (primary N) is 1. The van der Waals surface area contributed by atoms with Crippen molar-refractivity contribution in [3.05, 3.63) is 34.3 Å². The number of hydrogen-bond donors (Lipinski definition) is 4. The van der Waals surface area contributed by atoms with E-state index in [0.717, 1.165) is 4.68 Å². The fourth-order valence-corrected chi connectivity index (χ4v) is 7.02. The van der Waals surface area contributed by atoms with Crippen LogP contribution in [0, 0.1) is 6.92 Å². The Bertz CT molecular complexity index is 1800. The lowest BCUT2D eigenvalue weighted by Crippen LogP contribution is -2.32. The van der Waals surface area contributed by atoms with Gasteiger partial charge in [0.1, 0.15) is 35.8 Å². The molecule has 220 valence electrons. The number of hydrogen-bond acceptors (Lipinski definition) is 14. The molecule has 0 spiro atoms. The highest BCUT2D eigenvalue weighted by atomic mass is 32.5. The normalized spacial score (nSPS) is 31.6. The first-order valence-corrected chi connectivity index (χ1v) is 17.1. The van der Waals surface area contributed by atoms with E-state index in [-0.39, 0.29) is 42.6 Å². The highest BCUT2D eigenvalue weighted by Crippen LogP contribution is 2.52.